The molecule has 0 fully saturated rings. The fraction of sp³-hybridized carbons (Fsp3) is 0.0476. The second-order valence-electron chi connectivity index (χ2n) is 5.69. The van der Waals surface area contributed by atoms with E-state index < -0.39 is 0 Å². The Balaban J connectivity index is 1.64. The van der Waals surface area contributed by atoms with E-state index in [1.54, 1.807) is 61.7 Å². The molecular weight excluding hydrogens is 455 g/mol. The van der Waals surface area contributed by atoms with Crippen molar-refractivity contribution >= 4 is 45.8 Å². The number of halogens is 1. The molecule has 0 radical (unpaired) electrons. The van der Waals surface area contributed by atoms with Gasteiger partial charge in [-0.2, -0.15) is 0 Å². The average molecular weight is 472 g/mol. The summed E-state index contributed by atoms with van der Waals surface area (Å²) in [5, 5.41) is 5.66. The number of carbonyl (C=O) groups excluding carboxylic acids is 2. The van der Waals surface area contributed by atoms with Crippen LogP contribution in [0.1, 0.15) is 20.7 Å². The maximum atomic E-state index is 12.3. The van der Waals surface area contributed by atoms with Gasteiger partial charge in [0.15, 0.2) is 0 Å². The van der Waals surface area contributed by atoms with Crippen LogP contribution in [0.3, 0.4) is 0 Å². The third kappa shape index (κ3) is 4.85. The van der Waals surface area contributed by atoms with E-state index in [0.717, 1.165) is 9.32 Å². The van der Waals surface area contributed by atoms with Gasteiger partial charge in [0.2, 0.25) is 0 Å². The molecule has 27 heavy (non-hydrogen) atoms. The summed E-state index contributed by atoms with van der Waals surface area (Å²) in [7, 11) is 1.59. The van der Waals surface area contributed by atoms with Crippen molar-refractivity contribution in [3.05, 3.63) is 87.5 Å². The molecule has 0 atom stereocenters. The summed E-state index contributed by atoms with van der Waals surface area (Å²) in [5.41, 5.74) is 2.41. The molecule has 136 valence electrons. The number of hydrogen-bond donors (Lipinski definition) is 2. The van der Waals surface area contributed by atoms with E-state index in [1.807, 2.05) is 18.2 Å². The zero-order valence-corrected chi connectivity index (χ0v) is 16.7. The second kappa shape index (κ2) is 8.68. The summed E-state index contributed by atoms with van der Waals surface area (Å²) in [4.78, 5) is 24.7. The minimum Gasteiger partial charge on any atom is -0.497 e. The number of anilines is 2. The third-order valence-electron chi connectivity index (χ3n) is 3.87. The Morgan fingerprint density at radius 1 is 0.778 bits per heavy atom. The van der Waals surface area contributed by atoms with Gasteiger partial charge in [-0.1, -0.05) is 12.1 Å². The first kappa shape index (κ1) is 18.9. The Morgan fingerprint density at radius 2 is 1.33 bits per heavy atom. The molecule has 0 aliphatic carbocycles. The first-order chi connectivity index (χ1) is 13.1. The fourth-order valence-electron chi connectivity index (χ4n) is 2.43. The highest BCUT2D eigenvalue weighted by molar-refractivity contribution is 14.1. The van der Waals surface area contributed by atoms with Crippen LogP contribution < -0.4 is 15.4 Å². The molecule has 0 saturated heterocycles. The maximum absolute atomic E-state index is 12.3. The SMILES string of the molecule is COc1ccc(NC(=O)c2ccc(NC(=O)c3ccccc3I)cc2)cc1. The highest BCUT2D eigenvalue weighted by Crippen LogP contribution is 2.18. The van der Waals surface area contributed by atoms with E-state index in [0.29, 0.717) is 22.5 Å². The molecule has 3 aromatic rings. The fourth-order valence-corrected chi connectivity index (χ4v) is 3.06. The van der Waals surface area contributed by atoms with Crippen LogP contribution in [0.4, 0.5) is 11.4 Å². The predicted octanol–water partition coefficient (Wildman–Crippen LogP) is 4.80. The molecule has 2 N–H and O–H groups in total. The Bertz CT molecular complexity index is 954. The van der Waals surface area contributed by atoms with Gasteiger partial charge in [0.05, 0.1) is 12.7 Å². The molecule has 3 aromatic carbocycles. The molecule has 0 saturated carbocycles. The van der Waals surface area contributed by atoms with Crippen molar-refractivity contribution in [3.63, 3.8) is 0 Å². The van der Waals surface area contributed by atoms with Crippen LogP contribution in [-0.2, 0) is 0 Å². The summed E-state index contributed by atoms with van der Waals surface area (Å²) in [5.74, 6) is 0.312. The van der Waals surface area contributed by atoms with Gasteiger partial charge in [0.1, 0.15) is 5.75 Å². The van der Waals surface area contributed by atoms with Crippen LogP contribution in [0.25, 0.3) is 0 Å². The van der Waals surface area contributed by atoms with E-state index in [-0.39, 0.29) is 11.8 Å². The van der Waals surface area contributed by atoms with Crippen LogP contribution in [0.15, 0.2) is 72.8 Å². The molecule has 0 aromatic heterocycles. The van der Waals surface area contributed by atoms with Crippen molar-refractivity contribution in [1.82, 2.24) is 0 Å². The number of amides is 2. The number of rotatable bonds is 5. The van der Waals surface area contributed by atoms with Gasteiger partial charge in [-0.3, -0.25) is 9.59 Å². The van der Waals surface area contributed by atoms with Crippen LogP contribution in [-0.4, -0.2) is 18.9 Å². The molecule has 5 nitrogen and oxygen atoms in total. The van der Waals surface area contributed by atoms with Gasteiger partial charge in [-0.25, -0.2) is 0 Å². The number of methoxy groups -OCH3 is 1. The van der Waals surface area contributed by atoms with Crippen LogP contribution in [0, 0.1) is 3.57 Å². The summed E-state index contributed by atoms with van der Waals surface area (Å²) in [6.45, 7) is 0. The minimum atomic E-state index is -0.226. The van der Waals surface area contributed by atoms with Crippen molar-refractivity contribution in [1.29, 1.82) is 0 Å². The lowest BCUT2D eigenvalue weighted by Crippen LogP contribution is -2.14. The van der Waals surface area contributed by atoms with Crippen molar-refractivity contribution in [2.24, 2.45) is 0 Å². The first-order valence-corrected chi connectivity index (χ1v) is 9.26. The molecule has 0 unspecified atom stereocenters. The molecule has 0 bridgehead atoms. The summed E-state index contributed by atoms with van der Waals surface area (Å²) in [6, 6.07) is 21.2. The lowest BCUT2D eigenvalue weighted by Gasteiger charge is -2.09. The zero-order chi connectivity index (χ0) is 19.2. The highest BCUT2D eigenvalue weighted by atomic mass is 127. The maximum Gasteiger partial charge on any atom is 0.256 e. The van der Waals surface area contributed by atoms with E-state index in [2.05, 4.69) is 33.2 Å². The molecule has 3 rings (SSSR count). The van der Waals surface area contributed by atoms with Crippen LogP contribution in [0.5, 0.6) is 5.75 Å². The summed E-state index contributed by atoms with van der Waals surface area (Å²) < 4.78 is 5.97. The summed E-state index contributed by atoms with van der Waals surface area (Å²) in [6.07, 6.45) is 0. The zero-order valence-electron chi connectivity index (χ0n) is 14.5. The molecule has 0 spiro atoms. The molecule has 0 heterocycles. The molecule has 0 aliphatic heterocycles. The van der Waals surface area contributed by atoms with Crippen molar-refractivity contribution in [2.45, 2.75) is 0 Å². The van der Waals surface area contributed by atoms with Gasteiger partial charge in [0.25, 0.3) is 11.8 Å². The van der Waals surface area contributed by atoms with Crippen LogP contribution in [0.2, 0.25) is 0 Å². The second-order valence-corrected chi connectivity index (χ2v) is 6.86. The van der Waals surface area contributed by atoms with Gasteiger partial charge >= 0.3 is 0 Å². The van der Waals surface area contributed by atoms with Gasteiger partial charge in [-0.15, -0.1) is 0 Å². The minimum absolute atomic E-state index is 0.185. The lowest BCUT2D eigenvalue weighted by atomic mass is 10.1. The summed E-state index contributed by atoms with van der Waals surface area (Å²) >= 11 is 2.13. The van der Waals surface area contributed by atoms with Gasteiger partial charge in [0, 0.05) is 20.5 Å². The number of benzene rings is 3. The largest absolute Gasteiger partial charge is 0.497 e. The van der Waals surface area contributed by atoms with Crippen molar-refractivity contribution in [2.75, 3.05) is 17.7 Å². The highest BCUT2D eigenvalue weighted by Gasteiger charge is 2.10. The Hall–Kier alpha value is -2.87. The number of hydrogen-bond acceptors (Lipinski definition) is 3. The average Bonchev–Trinajstić information content (AvgIpc) is 2.69. The monoisotopic (exact) mass is 472 g/mol. The van der Waals surface area contributed by atoms with Gasteiger partial charge < -0.3 is 15.4 Å². The van der Waals surface area contributed by atoms with Crippen molar-refractivity contribution in [3.8, 4) is 5.75 Å². The molecule has 6 heteroatoms. The molecule has 0 aliphatic rings. The van der Waals surface area contributed by atoms with E-state index in [9.17, 15) is 9.59 Å². The van der Waals surface area contributed by atoms with Gasteiger partial charge in [-0.05, 0) is 83.3 Å². The Morgan fingerprint density at radius 3 is 1.93 bits per heavy atom. The first-order valence-electron chi connectivity index (χ1n) is 8.18. The topological polar surface area (TPSA) is 67.4 Å². The normalized spacial score (nSPS) is 10.1. The smallest absolute Gasteiger partial charge is 0.256 e. The predicted molar refractivity (Wildman–Crippen MR) is 115 cm³/mol. The van der Waals surface area contributed by atoms with E-state index in [4.69, 9.17) is 4.74 Å². The van der Waals surface area contributed by atoms with E-state index >= 15 is 0 Å². The number of carbonyl (C=O) groups is 2. The molecule has 2 amide bonds. The third-order valence-corrected chi connectivity index (χ3v) is 4.81. The quantitative estimate of drug-likeness (QED) is 0.525. The van der Waals surface area contributed by atoms with E-state index in [1.165, 1.54) is 0 Å². The Labute approximate surface area is 170 Å². The van der Waals surface area contributed by atoms with Crippen molar-refractivity contribution < 1.29 is 14.3 Å². The molecular formula is C21H17IN2O3. The number of ether oxygens (including phenoxy) is 1. The standard InChI is InChI=1S/C21H17IN2O3/c1-27-17-12-10-16(11-13-17)23-20(25)14-6-8-15(9-7-14)24-21(26)18-4-2-3-5-19(18)22/h2-13H,1H3,(H,23,25)(H,24,26). The lowest BCUT2D eigenvalue weighted by molar-refractivity contribution is 0.101. The van der Waals surface area contributed by atoms with Crippen LogP contribution >= 0.6 is 22.6 Å². The Kier molecular flexibility index (Phi) is 6.08. The number of nitrogens with one attached hydrogen (secondary N) is 2.